The maximum Gasteiger partial charge on any atom is 0.256 e. The molecule has 0 aliphatic heterocycles. The summed E-state index contributed by atoms with van der Waals surface area (Å²) in [7, 11) is 0. The molecule has 6 nitrogen and oxygen atoms in total. The fourth-order valence-electron chi connectivity index (χ4n) is 2.34. The largest absolute Gasteiger partial charge is 0.351 e. The van der Waals surface area contributed by atoms with Gasteiger partial charge in [-0.2, -0.15) is 0 Å². The highest BCUT2D eigenvalue weighted by Crippen LogP contribution is 2.21. The van der Waals surface area contributed by atoms with Crippen LogP contribution in [0, 0.1) is 0 Å². The molecule has 0 aliphatic rings. The summed E-state index contributed by atoms with van der Waals surface area (Å²) in [4.78, 5) is 35.2. The second-order valence-electron chi connectivity index (χ2n) is 6.05. The molecule has 0 unspecified atom stereocenters. The van der Waals surface area contributed by atoms with Crippen molar-refractivity contribution >= 4 is 11.8 Å². The van der Waals surface area contributed by atoms with Crippen molar-refractivity contribution < 1.29 is 9.59 Å². The van der Waals surface area contributed by atoms with Gasteiger partial charge in [-0.05, 0) is 43.7 Å². The number of carbonyl (C=O) groups excluding carboxylic acids is 2. The van der Waals surface area contributed by atoms with E-state index in [1.807, 2.05) is 12.1 Å². The Balaban J connectivity index is 2.35. The van der Waals surface area contributed by atoms with Crippen LogP contribution in [-0.2, 0) is 11.3 Å². The zero-order valence-corrected chi connectivity index (χ0v) is 14.5. The second-order valence-corrected chi connectivity index (χ2v) is 6.05. The van der Waals surface area contributed by atoms with Crippen molar-refractivity contribution in [2.24, 2.45) is 0 Å². The molecule has 0 saturated carbocycles. The lowest BCUT2D eigenvalue weighted by molar-refractivity contribution is -0.130. The number of carbonyl (C=O) groups is 2. The number of pyridine rings is 2. The number of hydrogen-bond donors (Lipinski definition) is 1. The summed E-state index contributed by atoms with van der Waals surface area (Å²) in [5.74, 6) is -0.512. The van der Waals surface area contributed by atoms with Gasteiger partial charge in [0.15, 0.2) is 0 Å². The summed E-state index contributed by atoms with van der Waals surface area (Å²) in [6.07, 6.45) is 8.02. The van der Waals surface area contributed by atoms with Crippen LogP contribution in [0.25, 0.3) is 0 Å². The molecule has 1 N–H and O–H groups in total. The molecule has 130 valence electrons. The molecule has 0 radical (unpaired) electrons. The van der Waals surface area contributed by atoms with Crippen LogP contribution in [-0.4, -0.2) is 38.8 Å². The van der Waals surface area contributed by atoms with Crippen LogP contribution in [0.2, 0.25) is 0 Å². The fraction of sp³-hybridized carbons (Fsp3) is 0.263. The van der Waals surface area contributed by atoms with Crippen LogP contribution < -0.4 is 5.32 Å². The molecule has 2 heterocycles. The van der Waals surface area contributed by atoms with Crippen molar-refractivity contribution in [3.63, 3.8) is 0 Å². The van der Waals surface area contributed by atoms with E-state index in [1.54, 1.807) is 50.6 Å². The first-order valence-electron chi connectivity index (χ1n) is 7.97. The Labute approximate surface area is 147 Å². The Morgan fingerprint density at radius 3 is 2.52 bits per heavy atom. The third kappa shape index (κ3) is 4.50. The summed E-state index contributed by atoms with van der Waals surface area (Å²) < 4.78 is 0. The third-order valence-corrected chi connectivity index (χ3v) is 3.88. The Kier molecular flexibility index (Phi) is 6.00. The molecule has 0 bridgehead atoms. The first kappa shape index (κ1) is 18.3. The minimum Gasteiger partial charge on any atom is -0.351 e. The highest BCUT2D eigenvalue weighted by Gasteiger charge is 2.38. The predicted octanol–water partition coefficient (Wildman–Crippen LogP) is 2.20. The summed E-state index contributed by atoms with van der Waals surface area (Å²) in [5.41, 5.74) is 0.261. The highest BCUT2D eigenvalue weighted by molar-refractivity contribution is 5.98. The van der Waals surface area contributed by atoms with Gasteiger partial charge in [0.1, 0.15) is 5.54 Å². The van der Waals surface area contributed by atoms with Gasteiger partial charge >= 0.3 is 0 Å². The average molecular weight is 338 g/mol. The standard InChI is InChI=1S/C19H22N4O2/c1-4-9-22-18(25)19(2,3)23(14-15-7-11-20-12-8-15)17(24)16-6-5-10-21-13-16/h4-8,10-13H,1,9,14H2,2-3H3,(H,22,25). The molecule has 2 rings (SSSR count). The minimum absolute atomic E-state index is 0.251. The van der Waals surface area contributed by atoms with Crippen LogP contribution in [0.4, 0.5) is 0 Å². The maximum atomic E-state index is 13.0. The Morgan fingerprint density at radius 2 is 1.92 bits per heavy atom. The van der Waals surface area contributed by atoms with Gasteiger partial charge in [0.05, 0.1) is 5.56 Å². The van der Waals surface area contributed by atoms with Gasteiger partial charge in [0, 0.05) is 37.9 Å². The monoisotopic (exact) mass is 338 g/mol. The molecule has 0 fully saturated rings. The SMILES string of the molecule is C=CCNC(=O)C(C)(C)N(Cc1ccncc1)C(=O)c1cccnc1. The van der Waals surface area contributed by atoms with Crippen LogP contribution >= 0.6 is 0 Å². The van der Waals surface area contributed by atoms with E-state index in [-0.39, 0.29) is 18.4 Å². The topological polar surface area (TPSA) is 75.2 Å². The summed E-state index contributed by atoms with van der Waals surface area (Å²) >= 11 is 0. The Morgan fingerprint density at radius 1 is 1.20 bits per heavy atom. The van der Waals surface area contributed by atoms with E-state index >= 15 is 0 Å². The van der Waals surface area contributed by atoms with E-state index in [2.05, 4.69) is 21.9 Å². The predicted molar refractivity (Wildman–Crippen MR) is 95.6 cm³/mol. The number of nitrogens with one attached hydrogen (secondary N) is 1. The zero-order chi connectivity index (χ0) is 18.3. The van der Waals surface area contributed by atoms with Crippen molar-refractivity contribution in [3.8, 4) is 0 Å². The van der Waals surface area contributed by atoms with Crippen molar-refractivity contribution in [2.75, 3.05) is 6.54 Å². The number of aromatic nitrogens is 2. The van der Waals surface area contributed by atoms with Gasteiger partial charge in [-0.1, -0.05) is 6.08 Å². The molecule has 6 heteroatoms. The fourth-order valence-corrected chi connectivity index (χ4v) is 2.34. The first-order valence-corrected chi connectivity index (χ1v) is 7.97. The Hall–Kier alpha value is -3.02. The quantitative estimate of drug-likeness (QED) is 0.785. The smallest absolute Gasteiger partial charge is 0.256 e. The van der Waals surface area contributed by atoms with Crippen LogP contribution in [0.1, 0.15) is 29.8 Å². The van der Waals surface area contributed by atoms with Gasteiger partial charge in [-0.3, -0.25) is 19.6 Å². The number of rotatable bonds is 7. The maximum absolute atomic E-state index is 13.0. The lowest BCUT2D eigenvalue weighted by atomic mass is 9.99. The van der Waals surface area contributed by atoms with Gasteiger partial charge < -0.3 is 10.2 Å². The molecule has 0 saturated heterocycles. The van der Waals surface area contributed by atoms with Crippen molar-refractivity contribution in [1.82, 2.24) is 20.2 Å². The zero-order valence-electron chi connectivity index (χ0n) is 14.5. The van der Waals surface area contributed by atoms with Crippen molar-refractivity contribution in [1.29, 1.82) is 0 Å². The van der Waals surface area contributed by atoms with Gasteiger partial charge in [0.25, 0.3) is 5.91 Å². The molecular weight excluding hydrogens is 316 g/mol. The number of amides is 2. The van der Waals surface area contributed by atoms with E-state index in [1.165, 1.54) is 11.1 Å². The number of nitrogens with zero attached hydrogens (tertiary/aromatic N) is 3. The molecule has 2 aromatic heterocycles. The van der Waals surface area contributed by atoms with Gasteiger partial charge in [-0.25, -0.2) is 0 Å². The van der Waals surface area contributed by atoms with E-state index < -0.39 is 5.54 Å². The molecule has 0 aromatic carbocycles. The second kappa shape index (κ2) is 8.19. The van der Waals surface area contributed by atoms with Gasteiger partial charge in [-0.15, -0.1) is 6.58 Å². The van der Waals surface area contributed by atoms with Crippen molar-refractivity contribution in [2.45, 2.75) is 25.9 Å². The summed E-state index contributed by atoms with van der Waals surface area (Å²) in [6, 6.07) is 7.03. The van der Waals surface area contributed by atoms with E-state index in [0.29, 0.717) is 12.1 Å². The molecule has 0 spiro atoms. The van der Waals surface area contributed by atoms with Crippen LogP contribution in [0.5, 0.6) is 0 Å². The average Bonchev–Trinajstić information content (AvgIpc) is 2.65. The molecule has 2 aromatic rings. The minimum atomic E-state index is -1.06. The lowest BCUT2D eigenvalue weighted by Crippen LogP contribution is -2.56. The Bertz CT molecular complexity index is 730. The number of hydrogen-bond acceptors (Lipinski definition) is 4. The first-order chi connectivity index (χ1) is 12.0. The molecule has 0 aliphatic carbocycles. The van der Waals surface area contributed by atoms with E-state index in [9.17, 15) is 9.59 Å². The van der Waals surface area contributed by atoms with Gasteiger partial charge in [0.2, 0.25) is 5.91 Å². The third-order valence-electron chi connectivity index (χ3n) is 3.88. The molecule has 25 heavy (non-hydrogen) atoms. The molecule has 2 amide bonds. The lowest BCUT2D eigenvalue weighted by Gasteiger charge is -2.37. The van der Waals surface area contributed by atoms with E-state index in [4.69, 9.17) is 0 Å². The molecular formula is C19H22N4O2. The van der Waals surface area contributed by atoms with Crippen LogP contribution in [0.3, 0.4) is 0 Å². The highest BCUT2D eigenvalue weighted by atomic mass is 16.2. The normalized spacial score (nSPS) is 10.8. The molecule has 0 atom stereocenters. The van der Waals surface area contributed by atoms with E-state index in [0.717, 1.165) is 5.56 Å². The van der Waals surface area contributed by atoms with Crippen LogP contribution in [0.15, 0.2) is 61.7 Å². The van der Waals surface area contributed by atoms with Crippen molar-refractivity contribution in [3.05, 3.63) is 72.8 Å². The summed E-state index contributed by atoms with van der Waals surface area (Å²) in [6.45, 7) is 7.67. The summed E-state index contributed by atoms with van der Waals surface area (Å²) in [5, 5.41) is 2.77.